The second-order valence-electron chi connectivity index (χ2n) is 5.80. The number of nitrogens with one attached hydrogen (secondary N) is 1. The number of hydrogen-bond donors (Lipinski definition) is 1. The van der Waals surface area contributed by atoms with Crippen LogP contribution in [0, 0.1) is 17.8 Å². The molecule has 0 aromatic heterocycles. The highest BCUT2D eigenvalue weighted by atomic mass is 16.6. The molecular weight excluding hydrogens is 218 g/mol. The summed E-state index contributed by atoms with van der Waals surface area (Å²) < 4.78 is 5.05. The number of amides is 1. The van der Waals surface area contributed by atoms with Crippen LogP contribution in [0.4, 0.5) is 0 Å². The number of cyclic esters (lactones) is 1. The van der Waals surface area contributed by atoms with Crippen LogP contribution in [0.2, 0.25) is 0 Å². The number of esters is 1. The topological polar surface area (TPSA) is 55.4 Å². The van der Waals surface area contributed by atoms with Gasteiger partial charge < -0.3 is 10.1 Å². The van der Waals surface area contributed by atoms with Crippen LogP contribution in [0.5, 0.6) is 0 Å². The highest BCUT2D eigenvalue weighted by molar-refractivity contribution is 5.81. The van der Waals surface area contributed by atoms with Crippen molar-refractivity contribution in [2.24, 2.45) is 17.8 Å². The lowest BCUT2D eigenvalue weighted by Gasteiger charge is -2.23. The minimum Gasteiger partial charge on any atom is -0.460 e. The van der Waals surface area contributed by atoms with Crippen LogP contribution in [0.25, 0.3) is 0 Å². The summed E-state index contributed by atoms with van der Waals surface area (Å²) in [6.07, 6.45) is 4.94. The van der Waals surface area contributed by atoms with E-state index in [1.807, 2.05) is 6.92 Å². The van der Waals surface area contributed by atoms with Crippen LogP contribution < -0.4 is 5.32 Å². The minimum atomic E-state index is -0.198. The molecule has 4 nitrogen and oxygen atoms in total. The maximum absolute atomic E-state index is 12.2. The normalized spacial score (nSPS) is 43.8. The van der Waals surface area contributed by atoms with Gasteiger partial charge in [-0.1, -0.05) is 6.42 Å². The van der Waals surface area contributed by atoms with E-state index in [2.05, 4.69) is 5.32 Å². The molecule has 0 unspecified atom stereocenters. The summed E-state index contributed by atoms with van der Waals surface area (Å²) >= 11 is 0. The molecule has 1 heterocycles. The summed E-state index contributed by atoms with van der Waals surface area (Å²) in [5.74, 6) is 1.50. The van der Waals surface area contributed by atoms with E-state index in [9.17, 15) is 9.59 Å². The average Bonchev–Trinajstić information content (AvgIpc) is 2.94. The third-order valence-corrected chi connectivity index (χ3v) is 4.67. The van der Waals surface area contributed by atoms with E-state index in [1.54, 1.807) is 0 Å². The van der Waals surface area contributed by atoms with E-state index in [0.717, 1.165) is 12.3 Å². The van der Waals surface area contributed by atoms with Crippen LogP contribution in [0.3, 0.4) is 0 Å². The number of carbonyl (C=O) groups is 2. The van der Waals surface area contributed by atoms with Gasteiger partial charge in [0.2, 0.25) is 5.91 Å². The molecule has 0 radical (unpaired) electrons. The average molecular weight is 237 g/mol. The maximum atomic E-state index is 12.2. The maximum Gasteiger partial charge on any atom is 0.308 e. The SMILES string of the molecule is C[C@@H]1OC(=O)C[C@@H]1NC(=O)[C@H]1C[C@@H]2CC[C@H]1C2. The first-order valence-electron chi connectivity index (χ1n) is 6.63. The second-order valence-corrected chi connectivity index (χ2v) is 5.80. The standard InChI is InChI=1S/C13H19NO3/c1-7-11(6-12(15)17-7)14-13(16)10-5-8-2-3-9(10)4-8/h7-11H,2-6H2,1H3,(H,14,16)/t7-,8+,9-,10-,11-/m0/s1. The van der Waals surface area contributed by atoms with Gasteiger partial charge in [0.25, 0.3) is 0 Å². The quantitative estimate of drug-likeness (QED) is 0.735. The predicted molar refractivity (Wildman–Crippen MR) is 61.0 cm³/mol. The summed E-state index contributed by atoms with van der Waals surface area (Å²) in [6.45, 7) is 1.84. The van der Waals surface area contributed by atoms with Gasteiger partial charge in [0.1, 0.15) is 6.10 Å². The molecule has 0 aromatic carbocycles. The Morgan fingerprint density at radius 1 is 1.35 bits per heavy atom. The summed E-state index contributed by atoms with van der Waals surface area (Å²) in [4.78, 5) is 23.3. The predicted octanol–water partition coefficient (Wildman–Crippen LogP) is 1.24. The first kappa shape index (κ1) is 11.1. The van der Waals surface area contributed by atoms with Crippen molar-refractivity contribution in [3.8, 4) is 0 Å². The zero-order valence-electron chi connectivity index (χ0n) is 10.1. The summed E-state index contributed by atoms with van der Waals surface area (Å²) in [7, 11) is 0. The number of carbonyl (C=O) groups excluding carboxylic acids is 2. The molecule has 3 fully saturated rings. The summed E-state index contributed by atoms with van der Waals surface area (Å²) in [5, 5.41) is 3.00. The van der Waals surface area contributed by atoms with Gasteiger partial charge in [0.05, 0.1) is 12.5 Å². The molecule has 2 bridgehead atoms. The molecule has 0 spiro atoms. The Hall–Kier alpha value is -1.06. The smallest absolute Gasteiger partial charge is 0.308 e. The molecule has 2 aliphatic carbocycles. The molecular formula is C13H19NO3. The molecule has 4 heteroatoms. The van der Waals surface area contributed by atoms with Gasteiger partial charge in [0.15, 0.2) is 0 Å². The number of hydrogen-bond acceptors (Lipinski definition) is 3. The van der Waals surface area contributed by atoms with Gasteiger partial charge in [0, 0.05) is 5.92 Å². The van der Waals surface area contributed by atoms with Crippen molar-refractivity contribution in [3.05, 3.63) is 0 Å². The summed E-state index contributed by atoms with van der Waals surface area (Å²) in [6, 6.07) is -0.117. The Morgan fingerprint density at radius 2 is 2.18 bits per heavy atom. The molecule has 94 valence electrons. The number of ether oxygens (including phenoxy) is 1. The van der Waals surface area contributed by atoms with Gasteiger partial charge in [-0.3, -0.25) is 9.59 Å². The van der Waals surface area contributed by atoms with Gasteiger partial charge >= 0.3 is 5.97 Å². The molecule has 5 atom stereocenters. The Kier molecular flexibility index (Phi) is 2.60. The van der Waals surface area contributed by atoms with Crippen molar-refractivity contribution in [2.75, 3.05) is 0 Å². The van der Waals surface area contributed by atoms with Crippen molar-refractivity contribution in [1.82, 2.24) is 5.32 Å². The second kappa shape index (κ2) is 4.00. The van der Waals surface area contributed by atoms with E-state index >= 15 is 0 Å². The molecule has 1 aliphatic heterocycles. The van der Waals surface area contributed by atoms with E-state index in [0.29, 0.717) is 12.3 Å². The first-order valence-corrected chi connectivity index (χ1v) is 6.63. The molecule has 1 saturated heterocycles. The van der Waals surface area contributed by atoms with E-state index < -0.39 is 0 Å². The lowest BCUT2D eigenvalue weighted by Crippen LogP contribution is -2.43. The molecule has 1 N–H and O–H groups in total. The number of fused-ring (bicyclic) bond motifs is 2. The van der Waals surface area contributed by atoms with Gasteiger partial charge in [-0.25, -0.2) is 0 Å². The summed E-state index contributed by atoms with van der Waals surface area (Å²) in [5.41, 5.74) is 0. The zero-order chi connectivity index (χ0) is 12.0. The van der Waals surface area contributed by atoms with Crippen molar-refractivity contribution in [1.29, 1.82) is 0 Å². The van der Waals surface area contributed by atoms with E-state index in [4.69, 9.17) is 4.74 Å². The first-order chi connectivity index (χ1) is 8.13. The highest BCUT2D eigenvalue weighted by Gasteiger charge is 2.44. The van der Waals surface area contributed by atoms with Crippen LogP contribution in [-0.4, -0.2) is 24.0 Å². The fourth-order valence-electron chi connectivity index (χ4n) is 3.71. The Morgan fingerprint density at radius 3 is 2.71 bits per heavy atom. The Balaban J connectivity index is 1.59. The fraction of sp³-hybridized carbons (Fsp3) is 0.846. The van der Waals surface area contributed by atoms with Crippen molar-refractivity contribution < 1.29 is 14.3 Å². The monoisotopic (exact) mass is 237 g/mol. The number of rotatable bonds is 2. The molecule has 0 aromatic rings. The van der Waals surface area contributed by atoms with E-state index in [-0.39, 0.29) is 29.9 Å². The molecule has 2 saturated carbocycles. The van der Waals surface area contributed by atoms with Crippen molar-refractivity contribution >= 4 is 11.9 Å². The lowest BCUT2D eigenvalue weighted by molar-refractivity contribution is -0.141. The van der Waals surface area contributed by atoms with Crippen LogP contribution in [-0.2, 0) is 14.3 Å². The van der Waals surface area contributed by atoms with Crippen LogP contribution >= 0.6 is 0 Å². The molecule has 1 amide bonds. The van der Waals surface area contributed by atoms with Gasteiger partial charge in [-0.15, -0.1) is 0 Å². The van der Waals surface area contributed by atoms with E-state index in [1.165, 1.54) is 19.3 Å². The third kappa shape index (κ3) is 1.94. The Bertz CT molecular complexity index is 355. The fourth-order valence-corrected chi connectivity index (χ4v) is 3.71. The lowest BCUT2D eigenvalue weighted by atomic mass is 9.88. The Labute approximate surface area is 101 Å². The molecule has 3 aliphatic rings. The molecule has 3 rings (SSSR count). The van der Waals surface area contributed by atoms with Gasteiger partial charge in [-0.2, -0.15) is 0 Å². The minimum absolute atomic E-state index is 0.117. The van der Waals surface area contributed by atoms with Crippen LogP contribution in [0.15, 0.2) is 0 Å². The largest absolute Gasteiger partial charge is 0.460 e. The highest BCUT2D eigenvalue weighted by Crippen LogP contribution is 2.48. The van der Waals surface area contributed by atoms with Crippen molar-refractivity contribution in [3.63, 3.8) is 0 Å². The van der Waals surface area contributed by atoms with Crippen molar-refractivity contribution in [2.45, 2.75) is 51.2 Å². The van der Waals surface area contributed by atoms with Gasteiger partial charge in [-0.05, 0) is 38.0 Å². The third-order valence-electron chi connectivity index (χ3n) is 4.67. The molecule has 17 heavy (non-hydrogen) atoms. The van der Waals surface area contributed by atoms with Crippen LogP contribution in [0.1, 0.15) is 39.0 Å². The zero-order valence-corrected chi connectivity index (χ0v) is 10.1.